The smallest absolute Gasteiger partial charge is 0.261 e. The average Bonchev–Trinajstić information content (AvgIpc) is 2.79. The van der Waals surface area contributed by atoms with E-state index in [1.807, 2.05) is 0 Å². The van der Waals surface area contributed by atoms with Crippen LogP contribution in [0.25, 0.3) is 0 Å². The zero-order chi connectivity index (χ0) is 21.6. The molecule has 2 unspecified atom stereocenters. The number of rotatable bonds is 4. The van der Waals surface area contributed by atoms with Gasteiger partial charge in [-0.15, -0.1) is 0 Å². The fourth-order valence-electron chi connectivity index (χ4n) is 4.65. The zero-order valence-electron chi connectivity index (χ0n) is 17.9. The second-order valence-corrected chi connectivity index (χ2v) is 9.88. The third kappa shape index (κ3) is 6.91. The molecule has 2 heterocycles. The standard InChI is InChI=1S/C23H29NO.CH4O3S/c1-24-20-13-8-14-21(24)17-22(16-15-20)25-23(18-9-4-2-5-10-18)19-11-6-3-7-12-19;1-5(2,3)4/h2-7,9-12,20-23H,8,13-17H2,1H3;1H3,(H,2,3,4)/t20?,21?,22-;/m0./s1. The first-order valence-corrected chi connectivity index (χ1v) is 12.6. The lowest BCUT2D eigenvalue weighted by Crippen LogP contribution is -2.42. The normalized spacial score (nSPS) is 24.6. The highest BCUT2D eigenvalue weighted by molar-refractivity contribution is 7.85. The topological polar surface area (TPSA) is 66.8 Å². The molecule has 0 spiro atoms. The van der Waals surface area contributed by atoms with Gasteiger partial charge in [0.05, 0.1) is 12.4 Å². The molecule has 30 heavy (non-hydrogen) atoms. The highest BCUT2D eigenvalue weighted by Gasteiger charge is 2.34. The summed E-state index contributed by atoms with van der Waals surface area (Å²) in [6.07, 6.45) is 8.80. The number of benzene rings is 2. The Labute approximate surface area is 180 Å². The van der Waals surface area contributed by atoms with E-state index in [1.54, 1.807) is 0 Å². The van der Waals surface area contributed by atoms with Crippen molar-refractivity contribution in [3.8, 4) is 0 Å². The number of hydrogen-bond donors (Lipinski definition) is 1. The molecule has 1 N–H and O–H groups in total. The summed E-state index contributed by atoms with van der Waals surface area (Å²) in [5, 5.41) is 0. The summed E-state index contributed by atoms with van der Waals surface area (Å²) in [6, 6.07) is 22.8. The van der Waals surface area contributed by atoms with E-state index in [9.17, 15) is 8.42 Å². The van der Waals surface area contributed by atoms with Crippen LogP contribution in [-0.4, -0.2) is 49.4 Å². The first-order chi connectivity index (χ1) is 14.3. The fourth-order valence-corrected chi connectivity index (χ4v) is 4.65. The third-order valence-corrected chi connectivity index (χ3v) is 6.12. The molecule has 0 aromatic heterocycles. The van der Waals surface area contributed by atoms with Crippen molar-refractivity contribution in [1.29, 1.82) is 0 Å². The van der Waals surface area contributed by atoms with Crippen molar-refractivity contribution >= 4 is 10.1 Å². The van der Waals surface area contributed by atoms with Crippen LogP contribution in [0.2, 0.25) is 0 Å². The Balaban J connectivity index is 0.000000461. The van der Waals surface area contributed by atoms with E-state index in [0.29, 0.717) is 18.4 Å². The van der Waals surface area contributed by atoms with E-state index in [-0.39, 0.29) is 6.10 Å². The molecule has 2 aliphatic rings. The van der Waals surface area contributed by atoms with Gasteiger partial charge >= 0.3 is 0 Å². The van der Waals surface area contributed by atoms with Crippen molar-refractivity contribution in [2.24, 2.45) is 0 Å². The molecule has 2 saturated heterocycles. The number of hydrogen-bond acceptors (Lipinski definition) is 4. The van der Waals surface area contributed by atoms with Crippen molar-refractivity contribution in [2.75, 3.05) is 13.3 Å². The Kier molecular flexibility index (Phi) is 8.06. The monoisotopic (exact) mass is 431 g/mol. The molecule has 0 amide bonds. The van der Waals surface area contributed by atoms with Crippen LogP contribution in [-0.2, 0) is 14.9 Å². The number of fused-ring (bicyclic) bond motifs is 2. The molecule has 164 valence electrons. The Bertz CT molecular complexity index is 825. The molecular formula is C24H33NO4S. The van der Waals surface area contributed by atoms with Gasteiger partial charge in [0.15, 0.2) is 0 Å². The average molecular weight is 432 g/mol. The van der Waals surface area contributed by atoms with Crippen LogP contribution in [0.4, 0.5) is 0 Å². The summed E-state index contributed by atoms with van der Waals surface area (Å²) in [6.45, 7) is 0. The summed E-state index contributed by atoms with van der Waals surface area (Å²) in [5.41, 5.74) is 2.52. The second-order valence-electron chi connectivity index (χ2n) is 8.41. The van der Waals surface area contributed by atoms with Crippen molar-refractivity contribution in [1.82, 2.24) is 4.90 Å². The van der Waals surface area contributed by atoms with Crippen LogP contribution in [0.5, 0.6) is 0 Å². The van der Waals surface area contributed by atoms with Crippen LogP contribution in [0.15, 0.2) is 60.7 Å². The molecule has 2 aromatic rings. The highest BCUT2D eigenvalue weighted by atomic mass is 32.2. The zero-order valence-corrected chi connectivity index (χ0v) is 18.7. The SMILES string of the molecule is CN1C2CCCC1C[C@@H](OC(c1ccccc1)c1ccccc1)CC2.CS(=O)(=O)O. The van der Waals surface area contributed by atoms with E-state index < -0.39 is 10.1 Å². The minimum atomic E-state index is -3.67. The molecule has 5 nitrogen and oxygen atoms in total. The Morgan fingerprint density at radius 3 is 1.93 bits per heavy atom. The fraction of sp³-hybridized carbons (Fsp3) is 0.500. The van der Waals surface area contributed by atoms with Gasteiger partial charge in [0.25, 0.3) is 10.1 Å². The Morgan fingerprint density at radius 2 is 1.40 bits per heavy atom. The van der Waals surface area contributed by atoms with Crippen LogP contribution >= 0.6 is 0 Å². The predicted molar refractivity (Wildman–Crippen MR) is 120 cm³/mol. The molecule has 3 atom stereocenters. The van der Waals surface area contributed by atoms with E-state index in [4.69, 9.17) is 9.29 Å². The molecule has 0 saturated carbocycles. The number of ether oxygens (including phenoxy) is 1. The van der Waals surface area contributed by atoms with Crippen LogP contribution in [0.3, 0.4) is 0 Å². The van der Waals surface area contributed by atoms with Crippen LogP contribution in [0, 0.1) is 0 Å². The molecule has 0 radical (unpaired) electrons. The maximum absolute atomic E-state index is 9.19. The summed E-state index contributed by atoms with van der Waals surface area (Å²) in [7, 11) is -1.34. The number of piperidine rings is 1. The largest absolute Gasteiger partial charge is 0.365 e. The van der Waals surface area contributed by atoms with Crippen LogP contribution in [0.1, 0.15) is 55.8 Å². The second kappa shape index (κ2) is 10.5. The van der Waals surface area contributed by atoms with E-state index in [1.165, 1.54) is 49.7 Å². The van der Waals surface area contributed by atoms with Crippen molar-refractivity contribution in [3.63, 3.8) is 0 Å². The Hall–Kier alpha value is -1.73. The summed E-state index contributed by atoms with van der Waals surface area (Å²) in [4.78, 5) is 2.63. The summed E-state index contributed by atoms with van der Waals surface area (Å²) >= 11 is 0. The van der Waals surface area contributed by atoms with Gasteiger partial charge in [0.1, 0.15) is 6.10 Å². The first-order valence-electron chi connectivity index (χ1n) is 10.7. The van der Waals surface area contributed by atoms with Gasteiger partial charge in [-0.25, -0.2) is 0 Å². The minimum Gasteiger partial charge on any atom is -0.365 e. The van der Waals surface area contributed by atoms with Gasteiger partial charge in [-0.05, 0) is 50.3 Å². The van der Waals surface area contributed by atoms with Crippen molar-refractivity contribution in [3.05, 3.63) is 71.8 Å². The summed E-state index contributed by atoms with van der Waals surface area (Å²) < 4.78 is 32.6. The van der Waals surface area contributed by atoms with Crippen molar-refractivity contribution in [2.45, 2.75) is 62.8 Å². The third-order valence-electron chi connectivity index (χ3n) is 6.12. The van der Waals surface area contributed by atoms with Gasteiger partial charge in [-0.2, -0.15) is 8.42 Å². The molecule has 4 rings (SSSR count). The van der Waals surface area contributed by atoms with E-state index in [0.717, 1.165) is 6.04 Å². The van der Waals surface area contributed by atoms with Gasteiger partial charge in [0.2, 0.25) is 0 Å². The quantitative estimate of drug-likeness (QED) is 0.711. The highest BCUT2D eigenvalue weighted by Crippen LogP contribution is 2.36. The lowest BCUT2D eigenvalue weighted by atomic mass is 9.95. The first kappa shape index (κ1) is 22.9. The summed E-state index contributed by atoms with van der Waals surface area (Å²) in [5.74, 6) is 0. The molecular weight excluding hydrogens is 398 g/mol. The molecule has 2 aliphatic heterocycles. The van der Waals surface area contributed by atoms with E-state index in [2.05, 4.69) is 72.6 Å². The molecule has 2 bridgehead atoms. The van der Waals surface area contributed by atoms with Gasteiger partial charge in [0, 0.05) is 12.1 Å². The van der Waals surface area contributed by atoms with Crippen molar-refractivity contribution < 1.29 is 17.7 Å². The van der Waals surface area contributed by atoms with E-state index >= 15 is 0 Å². The lowest BCUT2D eigenvalue weighted by Gasteiger charge is -2.38. The maximum atomic E-state index is 9.19. The molecule has 2 fully saturated rings. The Morgan fingerprint density at radius 1 is 0.900 bits per heavy atom. The molecule has 0 aliphatic carbocycles. The maximum Gasteiger partial charge on any atom is 0.261 e. The molecule has 2 aromatic carbocycles. The predicted octanol–water partition coefficient (Wildman–Crippen LogP) is 4.70. The minimum absolute atomic E-state index is 0.0376. The molecule has 6 heteroatoms. The number of nitrogens with zero attached hydrogens (tertiary/aromatic N) is 1. The van der Waals surface area contributed by atoms with Crippen LogP contribution < -0.4 is 0 Å². The van der Waals surface area contributed by atoms with Gasteiger partial charge in [-0.1, -0.05) is 67.1 Å². The van der Waals surface area contributed by atoms with Gasteiger partial charge in [-0.3, -0.25) is 4.55 Å². The van der Waals surface area contributed by atoms with Gasteiger partial charge < -0.3 is 9.64 Å². The lowest BCUT2D eigenvalue weighted by molar-refractivity contribution is -0.00778.